The molecular weight excluding hydrogens is 396 g/mol. The van der Waals surface area contributed by atoms with Crippen molar-refractivity contribution in [3.63, 3.8) is 0 Å². The Morgan fingerprint density at radius 1 is 1.40 bits per heavy atom. The van der Waals surface area contributed by atoms with Gasteiger partial charge in [-0.1, -0.05) is 0 Å². The largest absolute Gasteiger partial charge is 0.336 e. The second kappa shape index (κ2) is 7.45. The van der Waals surface area contributed by atoms with Gasteiger partial charge in [0.05, 0.1) is 22.3 Å². The first-order chi connectivity index (χ1) is 12.0. The fourth-order valence-corrected chi connectivity index (χ4v) is 2.73. The predicted molar refractivity (Wildman–Crippen MR) is 92.5 cm³/mol. The molecule has 2 N–H and O–H groups in total. The topological polar surface area (TPSA) is 63.2 Å². The van der Waals surface area contributed by atoms with E-state index >= 15 is 0 Å². The highest BCUT2D eigenvalue weighted by Gasteiger charge is 2.23. The van der Waals surface area contributed by atoms with Crippen molar-refractivity contribution in [2.24, 2.45) is 5.92 Å². The van der Waals surface area contributed by atoms with Gasteiger partial charge in [0.15, 0.2) is 11.6 Å². The van der Waals surface area contributed by atoms with E-state index in [0.29, 0.717) is 17.0 Å². The lowest BCUT2D eigenvalue weighted by Gasteiger charge is -2.14. The molecule has 5 nitrogen and oxygen atoms in total. The molecule has 2 aromatic rings. The van der Waals surface area contributed by atoms with E-state index in [1.54, 1.807) is 12.3 Å². The van der Waals surface area contributed by atoms with Gasteiger partial charge in [0.1, 0.15) is 5.82 Å². The summed E-state index contributed by atoms with van der Waals surface area (Å²) in [6.07, 6.45) is 3.71. The Morgan fingerprint density at radius 2 is 2.16 bits per heavy atom. The number of anilines is 2. The molecule has 0 radical (unpaired) electrons. The molecule has 1 heterocycles. The van der Waals surface area contributed by atoms with Gasteiger partial charge in [-0.2, -0.15) is 0 Å². The summed E-state index contributed by atoms with van der Waals surface area (Å²) in [6.45, 7) is 2.25. The third kappa shape index (κ3) is 4.32. The Balaban J connectivity index is 1.85. The summed E-state index contributed by atoms with van der Waals surface area (Å²) in [6, 6.07) is 3.86. The molecule has 0 atom stereocenters. The van der Waals surface area contributed by atoms with Gasteiger partial charge in [-0.05, 0) is 65.4 Å². The van der Waals surface area contributed by atoms with Gasteiger partial charge < -0.3 is 5.32 Å². The van der Waals surface area contributed by atoms with Crippen molar-refractivity contribution >= 4 is 33.3 Å². The number of amides is 1. The average Bonchev–Trinajstić information content (AvgIpc) is 3.38. The maximum Gasteiger partial charge on any atom is 0.277 e. The van der Waals surface area contributed by atoms with Gasteiger partial charge in [-0.3, -0.25) is 9.63 Å². The smallest absolute Gasteiger partial charge is 0.277 e. The van der Waals surface area contributed by atoms with Gasteiger partial charge in [-0.25, -0.2) is 19.2 Å². The Morgan fingerprint density at radius 3 is 2.84 bits per heavy atom. The molecule has 1 aliphatic rings. The zero-order chi connectivity index (χ0) is 18.0. The van der Waals surface area contributed by atoms with Gasteiger partial charge in [-0.15, -0.1) is 0 Å². The van der Waals surface area contributed by atoms with E-state index in [0.717, 1.165) is 24.5 Å². The third-order valence-corrected chi connectivity index (χ3v) is 4.35. The fourth-order valence-electron chi connectivity index (χ4n) is 2.17. The summed E-state index contributed by atoms with van der Waals surface area (Å²) in [5, 5.41) is 2.68. The molecule has 0 saturated heterocycles. The van der Waals surface area contributed by atoms with E-state index in [9.17, 15) is 13.6 Å². The van der Waals surface area contributed by atoms with E-state index in [-0.39, 0.29) is 17.1 Å². The van der Waals surface area contributed by atoms with Crippen LogP contribution in [-0.2, 0) is 4.84 Å². The maximum atomic E-state index is 14.3. The number of nitrogens with zero attached hydrogens (tertiary/aromatic N) is 1. The first-order valence-corrected chi connectivity index (χ1v) is 8.54. The van der Waals surface area contributed by atoms with Crippen LogP contribution in [-0.4, -0.2) is 17.5 Å². The Bertz CT molecular complexity index is 813. The molecule has 1 amide bonds. The number of hydrogen-bond donors (Lipinski definition) is 2. The second-order valence-corrected chi connectivity index (χ2v) is 6.79. The van der Waals surface area contributed by atoms with Crippen LogP contribution in [0.3, 0.4) is 0 Å². The lowest BCUT2D eigenvalue weighted by atomic mass is 10.1. The minimum absolute atomic E-state index is 0.0797. The molecule has 0 aliphatic heterocycles. The number of hydrogen-bond acceptors (Lipinski definition) is 4. The number of aryl methyl sites for hydroxylation is 1. The van der Waals surface area contributed by atoms with Gasteiger partial charge >= 0.3 is 0 Å². The molecule has 1 aromatic heterocycles. The highest BCUT2D eigenvalue weighted by Crippen LogP contribution is 2.30. The predicted octanol–water partition coefficient (Wildman–Crippen LogP) is 4.25. The monoisotopic (exact) mass is 411 g/mol. The minimum atomic E-state index is -1.16. The third-order valence-electron chi connectivity index (χ3n) is 3.74. The number of benzene rings is 1. The fraction of sp³-hybridized carbons (Fsp3) is 0.294. The lowest BCUT2D eigenvalue weighted by molar-refractivity contribution is 0.0270. The summed E-state index contributed by atoms with van der Waals surface area (Å²) in [5.74, 6) is -2.17. The van der Waals surface area contributed by atoms with Crippen LogP contribution in [0.1, 0.15) is 28.8 Å². The number of aromatic nitrogens is 1. The molecule has 1 aliphatic carbocycles. The van der Waals surface area contributed by atoms with Crippen LogP contribution in [0, 0.1) is 24.5 Å². The Kier molecular flexibility index (Phi) is 5.29. The van der Waals surface area contributed by atoms with Crippen molar-refractivity contribution in [2.45, 2.75) is 19.8 Å². The summed E-state index contributed by atoms with van der Waals surface area (Å²) in [4.78, 5) is 21.5. The molecule has 1 saturated carbocycles. The number of rotatable bonds is 6. The quantitative estimate of drug-likeness (QED) is 0.697. The van der Waals surface area contributed by atoms with Crippen molar-refractivity contribution < 1.29 is 18.4 Å². The lowest BCUT2D eigenvalue weighted by Crippen LogP contribution is -2.26. The second-order valence-electron chi connectivity index (χ2n) is 5.94. The molecule has 0 spiro atoms. The molecule has 1 fully saturated rings. The van der Waals surface area contributed by atoms with Crippen molar-refractivity contribution in [1.29, 1.82) is 0 Å². The number of carbonyl (C=O) groups is 1. The molecule has 1 aromatic carbocycles. The average molecular weight is 412 g/mol. The first-order valence-electron chi connectivity index (χ1n) is 7.75. The van der Waals surface area contributed by atoms with Crippen LogP contribution in [0.5, 0.6) is 0 Å². The van der Waals surface area contributed by atoms with Crippen LogP contribution >= 0.6 is 15.9 Å². The van der Waals surface area contributed by atoms with E-state index in [1.165, 1.54) is 6.07 Å². The van der Waals surface area contributed by atoms with Crippen molar-refractivity contribution in [3.05, 3.63) is 51.6 Å². The number of carbonyl (C=O) groups excluding carboxylic acids is 1. The zero-order valence-electron chi connectivity index (χ0n) is 13.4. The number of halogens is 3. The van der Waals surface area contributed by atoms with Crippen molar-refractivity contribution in [2.75, 3.05) is 11.9 Å². The van der Waals surface area contributed by atoms with Crippen LogP contribution in [0.4, 0.5) is 20.3 Å². The SMILES string of the molecule is Cc1cnc(Nc2c(C(=O)NOCC3CC3)ccc(F)c2F)c(Br)c1. The van der Waals surface area contributed by atoms with E-state index in [4.69, 9.17) is 4.84 Å². The number of pyridine rings is 1. The molecule has 8 heteroatoms. The number of nitrogens with one attached hydrogen (secondary N) is 2. The molecule has 0 bridgehead atoms. The normalized spacial score (nSPS) is 13.6. The van der Waals surface area contributed by atoms with E-state index in [2.05, 4.69) is 31.7 Å². The zero-order valence-corrected chi connectivity index (χ0v) is 15.0. The van der Waals surface area contributed by atoms with E-state index < -0.39 is 17.5 Å². The van der Waals surface area contributed by atoms with E-state index in [1.807, 2.05) is 6.92 Å². The van der Waals surface area contributed by atoms with Gasteiger partial charge in [0.2, 0.25) is 0 Å². The van der Waals surface area contributed by atoms with Crippen molar-refractivity contribution in [3.8, 4) is 0 Å². The summed E-state index contributed by atoms with van der Waals surface area (Å²) >= 11 is 3.31. The Labute approximate surface area is 151 Å². The highest BCUT2D eigenvalue weighted by molar-refractivity contribution is 9.10. The van der Waals surface area contributed by atoms with Gasteiger partial charge in [0, 0.05) is 6.20 Å². The van der Waals surface area contributed by atoms with Crippen LogP contribution in [0.25, 0.3) is 0 Å². The summed E-state index contributed by atoms with van der Waals surface area (Å²) in [7, 11) is 0. The molecule has 3 rings (SSSR count). The van der Waals surface area contributed by atoms with Gasteiger partial charge in [0.25, 0.3) is 5.91 Å². The number of hydroxylamine groups is 1. The summed E-state index contributed by atoms with van der Waals surface area (Å²) in [5.41, 5.74) is 2.78. The summed E-state index contributed by atoms with van der Waals surface area (Å²) < 4.78 is 28.5. The highest BCUT2D eigenvalue weighted by atomic mass is 79.9. The molecule has 132 valence electrons. The molecule has 0 unspecified atom stereocenters. The minimum Gasteiger partial charge on any atom is -0.336 e. The Hall–Kier alpha value is -2.06. The van der Waals surface area contributed by atoms with Crippen LogP contribution < -0.4 is 10.8 Å². The van der Waals surface area contributed by atoms with Crippen molar-refractivity contribution in [1.82, 2.24) is 10.5 Å². The van der Waals surface area contributed by atoms with Crippen LogP contribution in [0.2, 0.25) is 0 Å². The standard InChI is InChI=1S/C17H16BrF2N3O2/c1-9-6-12(18)16(21-7-9)22-15-11(4-5-13(19)14(15)20)17(24)23-25-8-10-2-3-10/h4-7,10H,2-3,8H2,1H3,(H,21,22)(H,23,24). The maximum absolute atomic E-state index is 14.3. The van der Waals surface area contributed by atoms with Crippen LogP contribution in [0.15, 0.2) is 28.9 Å². The first kappa shape index (κ1) is 17.8. The molecule has 25 heavy (non-hydrogen) atoms. The molecular formula is C17H16BrF2N3O2.